The van der Waals surface area contributed by atoms with Crippen LogP contribution in [0.4, 0.5) is 10.5 Å². The van der Waals surface area contributed by atoms with E-state index < -0.39 is 17.8 Å². The Morgan fingerprint density at radius 1 is 0.941 bits per heavy atom. The van der Waals surface area contributed by atoms with Crippen LogP contribution in [0.1, 0.15) is 11.1 Å². The topological polar surface area (TPSA) is 75.7 Å². The molecule has 1 fully saturated rings. The molecule has 1 saturated heterocycles. The number of amides is 4. The molecule has 3 aromatic carbocycles. The van der Waals surface area contributed by atoms with Crippen molar-refractivity contribution in [3.63, 3.8) is 0 Å². The molecule has 10 heteroatoms. The van der Waals surface area contributed by atoms with Crippen molar-refractivity contribution in [2.24, 2.45) is 0 Å². The maximum Gasteiger partial charge on any atom is 0.335 e. The predicted octanol–water partition coefficient (Wildman–Crippen LogP) is 6.87. The quantitative estimate of drug-likeness (QED) is 0.238. The molecule has 4 amide bonds. The van der Waals surface area contributed by atoms with Gasteiger partial charge < -0.3 is 4.74 Å². The van der Waals surface area contributed by atoms with Crippen LogP contribution >= 0.6 is 59.4 Å². The Labute approximate surface area is 225 Å². The number of imide groups is 2. The van der Waals surface area contributed by atoms with Gasteiger partial charge in [0.05, 0.1) is 15.2 Å². The van der Waals surface area contributed by atoms with E-state index >= 15 is 0 Å². The van der Waals surface area contributed by atoms with Gasteiger partial charge in [-0.25, -0.2) is 9.69 Å². The Hall–Kier alpha value is -2.46. The first-order chi connectivity index (χ1) is 16.2. The van der Waals surface area contributed by atoms with Crippen LogP contribution in [0, 0.1) is 0 Å². The Morgan fingerprint density at radius 3 is 2.35 bits per heavy atom. The molecular weight excluding hydrogens is 655 g/mol. The summed E-state index contributed by atoms with van der Waals surface area (Å²) in [5, 5.41) is 2.40. The molecule has 1 heterocycles. The number of nitrogens with one attached hydrogen (secondary N) is 1. The molecule has 1 aliphatic heterocycles. The van der Waals surface area contributed by atoms with Crippen LogP contribution in [0.3, 0.4) is 0 Å². The van der Waals surface area contributed by atoms with Gasteiger partial charge in [-0.3, -0.25) is 14.9 Å². The van der Waals surface area contributed by atoms with E-state index in [1.54, 1.807) is 30.3 Å². The summed E-state index contributed by atoms with van der Waals surface area (Å²) < 4.78 is 8.31. The van der Waals surface area contributed by atoms with Crippen LogP contribution in [0.5, 0.6) is 5.75 Å². The molecule has 4 rings (SSSR count). The van der Waals surface area contributed by atoms with Gasteiger partial charge in [-0.15, -0.1) is 0 Å². The number of benzene rings is 3. The summed E-state index contributed by atoms with van der Waals surface area (Å²) in [7, 11) is 0. The van der Waals surface area contributed by atoms with E-state index in [2.05, 4.69) is 53.1 Å². The van der Waals surface area contributed by atoms with E-state index in [1.807, 2.05) is 24.3 Å². The summed E-state index contributed by atoms with van der Waals surface area (Å²) in [6, 6.07) is 16.7. The number of ether oxygens (including phenoxy) is 1. The summed E-state index contributed by atoms with van der Waals surface area (Å²) in [6.07, 6.45) is 1.39. The van der Waals surface area contributed by atoms with Crippen LogP contribution in [0.15, 0.2) is 79.7 Å². The van der Waals surface area contributed by atoms with E-state index in [0.717, 1.165) is 14.9 Å². The average Bonchev–Trinajstić information content (AvgIpc) is 2.78. The van der Waals surface area contributed by atoms with Crippen molar-refractivity contribution in [1.82, 2.24) is 5.32 Å². The fourth-order valence-electron chi connectivity index (χ4n) is 3.24. The lowest BCUT2D eigenvalue weighted by molar-refractivity contribution is -0.122. The summed E-state index contributed by atoms with van der Waals surface area (Å²) in [5.74, 6) is -1.18. The SMILES string of the molecule is O=C1NC(=O)N(c2ccccc2Cl)C(=O)/C1=C/c1cc(Br)cc(Br)c1OCc1ccc(Br)cc1. The third-order valence-electron chi connectivity index (χ3n) is 4.83. The number of carbonyl (C=O) groups excluding carboxylic acids is 3. The first-order valence-corrected chi connectivity index (χ1v) is 12.5. The van der Waals surface area contributed by atoms with Gasteiger partial charge in [-0.2, -0.15) is 0 Å². The van der Waals surface area contributed by atoms with Crippen LogP contribution in [0.2, 0.25) is 5.02 Å². The lowest BCUT2D eigenvalue weighted by Crippen LogP contribution is -2.54. The molecule has 34 heavy (non-hydrogen) atoms. The van der Waals surface area contributed by atoms with Crippen LogP contribution in [0.25, 0.3) is 6.08 Å². The number of para-hydroxylation sites is 1. The summed E-state index contributed by atoms with van der Waals surface area (Å²) in [6.45, 7) is 0.258. The molecule has 0 aliphatic carbocycles. The van der Waals surface area contributed by atoms with Gasteiger partial charge in [0.15, 0.2) is 0 Å². The van der Waals surface area contributed by atoms with Gasteiger partial charge in [-0.05, 0) is 64.0 Å². The second-order valence-corrected chi connectivity index (χ2v) is 10.2. The smallest absolute Gasteiger partial charge is 0.335 e. The fraction of sp³-hybridized carbons (Fsp3) is 0.0417. The maximum absolute atomic E-state index is 13.2. The molecule has 3 aromatic rings. The Kier molecular flexibility index (Phi) is 7.57. The highest BCUT2D eigenvalue weighted by Crippen LogP contribution is 2.36. The lowest BCUT2D eigenvalue weighted by atomic mass is 10.1. The normalized spacial score (nSPS) is 15.0. The third-order valence-corrected chi connectivity index (χ3v) is 6.72. The average molecular weight is 670 g/mol. The summed E-state index contributed by atoms with van der Waals surface area (Å²) >= 11 is 16.5. The number of hydrogen-bond donors (Lipinski definition) is 1. The molecule has 0 bridgehead atoms. The second kappa shape index (κ2) is 10.4. The minimum absolute atomic E-state index is 0.173. The van der Waals surface area contributed by atoms with Crippen molar-refractivity contribution >= 4 is 89.0 Å². The minimum atomic E-state index is -0.873. The monoisotopic (exact) mass is 666 g/mol. The fourth-order valence-corrected chi connectivity index (χ4v) is 5.10. The van der Waals surface area contributed by atoms with Crippen molar-refractivity contribution in [2.75, 3.05) is 4.90 Å². The highest BCUT2D eigenvalue weighted by Gasteiger charge is 2.37. The highest BCUT2D eigenvalue weighted by atomic mass is 79.9. The van der Waals surface area contributed by atoms with Crippen molar-refractivity contribution in [1.29, 1.82) is 0 Å². The lowest BCUT2D eigenvalue weighted by Gasteiger charge is -2.27. The molecule has 1 N–H and O–H groups in total. The molecule has 0 unspecified atom stereocenters. The third kappa shape index (κ3) is 5.27. The van der Waals surface area contributed by atoms with E-state index in [9.17, 15) is 14.4 Å². The van der Waals surface area contributed by atoms with Crippen LogP contribution in [-0.4, -0.2) is 17.8 Å². The molecule has 0 saturated carbocycles. The molecule has 0 spiro atoms. The summed E-state index contributed by atoms with van der Waals surface area (Å²) in [5.41, 5.74) is 1.33. The van der Waals surface area contributed by atoms with E-state index in [0.29, 0.717) is 20.3 Å². The minimum Gasteiger partial charge on any atom is -0.487 e. The largest absolute Gasteiger partial charge is 0.487 e. The molecule has 6 nitrogen and oxygen atoms in total. The predicted molar refractivity (Wildman–Crippen MR) is 141 cm³/mol. The molecule has 1 aliphatic rings. The van der Waals surface area contributed by atoms with Gasteiger partial charge >= 0.3 is 6.03 Å². The standard InChI is InChI=1S/C24H14Br3ClN2O4/c25-15-7-5-13(6-8-15)12-34-21-14(9-16(26)11-18(21)27)10-17-22(31)29-24(33)30(23(17)32)20-4-2-1-3-19(20)28/h1-11H,12H2,(H,29,31,33)/b17-10+. The zero-order chi connectivity index (χ0) is 24.4. The number of rotatable bonds is 5. The second-order valence-electron chi connectivity index (χ2n) is 7.13. The van der Waals surface area contributed by atoms with Gasteiger partial charge in [0.1, 0.15) is 17.9 Å². The van der Waals surface area contributed by atoms with Crippen molar-refractivity contribution in [2.45, 2.75) is 6.61 Å². The Balaban J connectivity index is 1.72. The number of nitrogens with zero attached hydrogens (tertiary/aromatic N) is 1. The zero-order valence-electron chi connectivity index (χ0n) is 17.2. The molecule has 0 atom stereocenters. The van der Waals surface area contributed by atoms with Crippen LogP contribution in [-0.2, 0) is 16.2 Å². The zero-order valence-corrected chi connectivity index (χ0v) is 22.7. The number of hydrogen-bond acceptors (Lipinski definition) is 4. The van der Waals surface area contributed by atoms with E-state index in [1.165, 1.54) is 12.1 Å². The summed E-state index contributed by atoms with van der Waals surface area (Å²) in [4.78, 5) is 39.2. The number of carbonyl (C=O) groups is 3. The van der Waals surface area contributed by atoms with Gasteiger partial charge in [0.25, 0.3) is 11.8 Å². The van der Waals surface area contributed by atoms with Gasteiger partial charge in [-0.1, -0.05) is 67.7 Å². The van der Waals surface area contributed by atoms with Crippen LogP contribution < -0.4 is 15.0 Å². The van der Waals surface area contributed by atoms with Crippen molar-refractivity contribution in [3.8, 4) is 5.75 Å². The number of urea groups is 1. The molecule has 172 valence electrons. The van der Waals surface area contributed by atoms with E-state index in [-0.39, 0.29) is 22.9 Å². The molecule has 0 radical (unpaired) electrons. The number of barbiturate groups is 1. The van der Waals surface area contributed by atoms with Crippen molar-refractivity contribution in [3.05, 3.63) is 95.8 Å². The molecular formula is C24H14Br3ClN2O4. The molecule has 0 aromatic heterocycles. The van der Waals surface area contributed by atoms with E-state index in [4.69, 9.17) is 16.3 Å². The first kappa shape index (κ1) is 24.7. The van der Waals surface area contributed by atoms with Gasteiger partial charge in [0, 0.05) is 14.5 Å². The number of anilines is 1. The number of halogens is 4. The van der Waals surface area contributed by atoms with Gasteiger partial charge in [0.2, 0.25) is 0 Å². The highest BCUT2D eigenvalue weighted by molar-refractivity contribution is 9.11. The van der Waals surface area contributed by atoms with Crippen molar-refractivity contribution < 1.29 is 19.1 Å². The Morgan fingerprint density at radius 2 is 1.65 bits per heavy atom. The maximum atomic E-state index is 13.2. The first-order valence-electron chi connectivity index (χ1n) is 9.77. The Bertz CT molecular complexity index is 1340.